The Kier molecular flexibility index (Phi) is 7.53. The largest absolute Gasteiger partial charge is 0.491 e. The molecule has 1 aliphatic heterocycles. The Balaban J connectivity index is 1.28. The fourth-order valence-corrected chi connectivity index (χ4v) is 5.95. The minimum absolute atomic E-state index is 0.124. The van der Waals surface area contributed by atoms with Crippen molar-refractivity contribution in [2.24, 2.45) is 5.92 Å². The molecule has 1 saturated heterocycles. The molecule has 0 aromatic heterocycles. The number of carbonyl (C=O) groups excluding carboxylic acids is 1. The van der Waals surface area contributed by atoms with Crippen molar-refractivity contribution in [3.63, 3.8) is 0 Å². The van der Waals surface area contributed by atoms with Crippen molar-refractivity contribution in [3.8, 4) is 5.75 Å². The summed E-state index contributed by atoms with van der Waals surface area (Å²) in [6.45, 7) is 1.31. The molecule has 1 N–H and O–H groups in total. The number of nitrogens with zero attached hydrogens (tertiary/aromatic N) is 1. The predicted molar refractivity (Wildman–Crippen MR) is 131 cm³/mol. The van der Waals surface area contributed by atoms with Crippen LogP contribution in [0.5, 0.6) is 5.75 Å². The lowest BCUT2D eigenvalue weighted by Gasteiger charge is -2.31. The summed E-state index contributed by atoms with van der Waals surface area (Å²) in [5, 5.41) is 5.53. The van der Waals surface area contributed by atoms with Gasteiger partial charge in [-0.3, -0.25) is 4.79 Å². The number of sulfonamides is 1. The number of nitrogens with one attached hydrogen (secondary N) is 1. The highest BCUT2D eigenvalue weighted by molar-refractivity contribution is 7.88. The molecule has 0 radical (unpaired) electrons. The summed E-state index contributed by atoms with van der Waals surface area (Å²) >= 11 is 5.98. The summed E-state index contributed by atoms with van der Waals surface area (Å²) in [5.74, 6) is 0.142. The van der Waals surface area contributed by atoms with Gasteiger partial charge in [0.15, 0.2) is 0 Å². The molecule has 174 valence electrons. The van der Waals surface area contributed by atoms with Crippen molar-refractivity contribution in [2.75, 3.05) is 26.2 Å². The standard InChI is InChI=1S/C25H27ClN2O4S/c26-22-10-3-6-19(16-22)18-33(30,31)28-14-5-9-21(17-28)25(29)27-13-15-32-24-12-4-8-20-7-1-2-11-23(20)24/h1-4,6-8,10-12,16,21H,5,9,13-15,17-18H2,(H,27,29). The van der Waals surface area contributed by atoms with Crippen molar-refractivity contribution in [1.29, 1.82) is 0 Å². The van der Waals surface area contributed by atoms with Crippen LogP contribution in [-0.4, -0.2) is 44.9 Å². The second-order valence-electron chi connectivity index (χ2n) is 8.20. The number of hydrogen-bond acceptors (Lipinski definition) is 4. The second-order valence-corrected chi connectivity index (χ2v) is 10.6. The van der Waals surface area contributed by atoms with E-state index in [1.165, 1.54) is 4.31 Å². The summed E-state index contributed by atoms with van der Waals surface area (Å²) in [6, 6.07) is 20.7. The van der Waals surface area contributed by atoms with Gasteiger partial charge in [0.1, 0.15) is 12.4 Å². The first-order valence-corrected chi connectivity index (χ1v) is 13.0. The average molecular weight is 487 g/mol. The number of ether oxygens (including phenoxy) is 1. The van der Waals surface area contributed by atoms with E-state index >= 15 is 0 Å². The third kappa shape index (κ3) is 6.05. The molecule has 1 heterocycles. The maximum absolute atomic E-state index is 12.9. The molecular formula is C25H27ClN2O4S. The molecule has 1 fully saturated rings. The maximum Gasteiger partial charge on any atom is 0.224 e. The maximum atomic E-state index is 12.9. The van der Waals surface area contributed by atoms with Gasteiger partial charge in [-0.15, -0.1) is 0 Å². The Hall–Kier alpha value is -2.61. The molecule has 0 saturated carbocycles. The number of hydrogen-bond donors (Lipinski definition) is 1. The van der Waals surface area contributed by atoms with Crippen molar-refractivity contribution in [3.05, 3.63) is 77.3 Å². The van der Waals surface area contributed by atoms with Gasteiger partial charge in [-0.2, -0.15) is 0 Å². The summed E-state index contributed by atoms with van der Waals surface area (Å²) in [6.07, 6.45) is 1.32. The number of piperidine rings is 1. The van der Waals surface area contributed by atoms with E-state index in [-0.39, 0.29) is 24.1 Å². The fourth-order valence-electron chi connectivity index (χ4n) is 4.14. The van der Waals surface area contributed by atoms with Crippen molar-refractivity contribution < 1.29 is 17.9 Å². The van der Waals surface area contributed by atoms with Gasteiger partial charge < -0.3 is 10.1 Å². The topological polar surface area (TPSA) is 75.7 Å². The van der Waals surface area contributed by atoms with Gasteiger partial charge in [0.05, 0.1) is 18.2 Å². The number of fused-ring (bicyclic) bond motifs is 1. The van der Waals surface area contributed by atoms with Gasteiger partial charge in [0.25, 0.3) is 0 Å². The minimum atomic E-state index is -3.53. The van der Waals surface area contributed by atoms with Gasteiger partial charge in [-0.25, -0.2) is 12.7 Å². The molecule has 3 aromatic carbocycles. The van der Waals surface area contributed by atoms with E-state index in [2.05, 4.69) is 5.32 Å². The zero-order chi connectivity index (χ0) is 23.3. The minimum Gasteiger partial charge on any atom is -0.491 e. The smallest absolute Gasteiger partial charge is 0.224 e. The molecule has 0 bridgehead atoms. The lowest BCUT2D eigenvalue weighted by atomic mass is 9.99. The van der Waals surface area contributed by atoms with E-state index in [4.69, 9.17) is 16.3 Å². The number of halogens is 1. The van der Waals surface area contributed by atoms with Gasteiger partial charge >= 0.3 is 0 Å². The first-order valence-electron chi connectivity index (χ1n) is 11.0. The van der Waals surface area contributed by atoms with Gasteiger partial charge in [-0.1, -0.05) is 60.1 Å². The third-order valence-corrected chi connectivity index (χ3v) is 7.85. The van der Waals surface area contributed by atoms with Crippen LogP contribution in [-0.2, 0) is 20.6 Å². The van der Waals surface area contributed by atoms with Crippen LogP contribution < -0.4 is 10.1 Å². The summed E-state index contributed by atoms with van der Waals surface area (Å²) in [5.41, 5.74) is 0.639. The van der Waals surface area contributed by atoms with Gasteiger partial charge in [0, 0.05) is 23.5 Å². The van der Waals surface area contributed by atoms with Crippen molar-refractivity contribution in [2.45, 2.75) is 18.6 Å². The van der Waals surface area contributed by atoms with E-state index in [1.54, 1.807) is 24.3 Å². The number of rotatable bonds is 8. The lowest BCUT2D eigenvalue weighted by Crippen LogP contribution is -2.46. The highest BCUT2D eigenvalue weighted by Crippen LogP contribution is 2.25. The van der Waals surface area contributed by atoms with Crippen molar-refractivity contribution in [1.82, 2.24) is 9.62 Å². The van der Waals surface area contributed by atoms with Crippen molar-refractivity contribution >= 4 is 38.3 Å². The van der Waals surface area contributed by atoms with Gasteiger partial charge in [-0.05, 0) is 42.0 Å². The van der Waals surface area contributed by atoms with Crippen LogP contribution in [0.1, 0.15) is 18.4 Å². The molecule has 6 nitrogen and oxygen atoms in total. The molecule has 8 heteroatoms. The zero-order valence-corrected chi connectivity index (χ0v) is 19.8. The van der Waals surface area contributed by atoms with E-state index < -0.39 is 10.0 Å². The van der Waals surface area contributed by atoms with Crippen LogP contribution in [0.25, 0.3) is 10.8 Å². The Morgan fingerprint density at radius 2 is 1.88 bits per heavy atom. The predicted octanol–water partition coefficient (Wildman–Crippen LogP) is 4.23. The number of amides is 1. The summed E-state index contributed by atoms with van der Waals surface area (Å²) < 4.78 is 33.1. The highest BCUT2D eigenvalue weighted by atomic mass is 35.5. The Morgan fingerprint density at radius 3 is 2.73 bits per heavy atom. The Labute approximate surface area is 199 Å². The Morgan fingerprint density at radius 1 is 1.09 bits per heavy atom. The van der Waals surface area contributed by atoms with E-state index in [0.29, 0.717) is 43.1 Å². The fraction of sp³-hybridized carbons (Fsp3) is 0.320. The lowest BCUT2D eigenvalue weighted by molar-refractivity contribution is -0.126. The molecule has 0 spiro atoms. The van der Waals surface area contributed by atoms with Crippen LogP contribution in [0.2, 0.25) is 5.02 Å². The molecule has 3 aromatic rings. The summed E-state index contributed by atoms with van der Waals surface area (Å²) in [4.78, 5) is 12.7. The first kappa shape index (κ1) is 23.5. The first-order chi connectivity index (χ1) is 15.9. The van der Waals surface area contributed by atoms with Crippen LogP contribution in [0.4, 0.5) is 0 Å². The highest BCUT2D eigenvalue weighted by Gasteiger charge is 2.32. The third-order valence-electron chi connectivity index (χ3n) is 5.79. The monoisotopic (exact) mass is 486 g/mol. The van der Waals surface area contributed by atoms with Crippen LogP contribution in [0.3, 0.4) is 0 Å². The van der Waals surface area contributed by atoms with Gasteiger partial charge in [0.2, 0.25) is 15.9 Å². The zero-order valence-electron chi connectivity index (χ0n) is 18.2. The average Bonchev–Trinajstić information content (AvgIpc) is 2.81. The molecule has 4 rings (SSSR count). The molecule has 0 aliphatic carbocycles. The second kappa shape index (κ2) is 10.5. The SMILES string of the molecule is O=C(NCCOc1cccc2ccccc12)C1CCCN(S(=O)(=O)Cc2cccc(Cl)c2)C1. The number of benzene rings is 3. The molecule has 1 aliphatic rings. The molecule has 1 unspecified atom stereocenters. The van der Waals surface area contributed by atoms with E-state index in [1.807, 2.05) is 42.5 Å². The van der Waals surface area contributed by atoms with E-state index in [0.717, 1.165) is 16.5 Å². The molecule has 1 atom stereocenters. The van der Waals surface area contributed by atoms with Crippen LogP contribution in [0.15, 0.2) is 66.7 Å². The van der Waals surface area contributed by atoms with Crippen LogP contribution in [0, 0.1) is 5.92 Å². The Bertz CT molecular complexity index is 1230. The van der Waals surface area contributed by atoms with Crippen LogP contribution >= 0.6 is 11.6 Å². The normalized spacial score (nSPS) is 17.1. The number of carbonyl (C=O) groups is 1. The molecular weight excluding hydrogens is 460 g/mol. The quantitative estimate of drug-likeness (QED) is 0.483. The molecule has 33 heavy (non-hydrogen) atoms. The summed E-state index contributed by atoms with van der Waals surface area (Å²) in [7, 11) is -3.53. The van der Waals surface area contributed by atoms with E-state index in [9.17, 15) is 13.2 Å². The molecule has 1 amide bonds.